The minimum Gasteiger partial charge on any atom is -0.496 e. The molecule has 2 N–H and O–H groups in total. The lowest BCUT2D eigenvalue weighted by Crippen LogP contribution is -2.44. The van der Waals surface area contributed by atoms with Crippen molar-refractivity contribution in [3.05, 3.63) is 58.6 Å². The molecule has 2 aromatic carbocycles. The van der Waals surface area contributed by atoms with Crippen LogP contribution in [0.25, 0.3) is 0 Å². The van der Waals surface area contributed by atoms with Crippen molar-refractivity contribution in [2.45, 2.75) is 19.0 Å². The quantitative estimate of drug-likeness (QED) is 0.339. The number of guanidine groups is 1. The van der Waals surface area contributed by atoms with Gasteiger partial charge in [0.25, 0.3) is 0 Å². The number of rotatable bonds is 5. The number of aliphatic imine (C=N–C) groups is 1. The molecule has 1 aliphatic rings. The molecule has 3 rings (SSSR count). The number of para-hydroxylation sites is 2. The van der Waals surface area contributed by atoms with Crippen LogP contribution in [0, 0.1) is 0 Å². The molecule has 0 aromatic heterocycles. The Balaban J connectivity index is 0.00000261. The largest absolute Gasteiger partial charge is 0.496 e. The maximum absolute atomic E-state index is 5.41. The van der Waals surface area contributed by atoms with E-state index in [1.807, 2.05) is 24.3 Å². The van der Waals surface area contributed by atoms with Gasteiger partial charge in [-0.1, -0.05) is 30.3 Å². The van der Waals surface area contributed by atoms with Crippen LogP contribution in [0.15, 0.2) is 58.0 Å². The van der Waals surface area contributed by atoms with Crippen LogP contribution in [-0.4, -0.2) is 39.2 Å². The zero-order chi connectivity index (χ0) is 18.4. The van der Waals surface area contributed by atoms with Gasteiger partial charge < -0.3 is 20.3 Å². The minimum atomic E-state index is 0. The fraction of sp³-hybridized carbons (Fsp3) is 0.350. The normalized spacial score (nSPS) is 16.6. The molecule has 146 valence electrons. The van der Waals surface area contributed by atoms with E-state index >= 15 is 0 Å². The summed E-state index contributed by atoms with van der Waals surface area (Å²) in [6, 6.07) is 16.8. The predicted molar refractivity (Wildman–Crippen MR) is 127 cm³/mol. The summed E-state index contributed by atoms with van der Waals surface area (Å²) in [7, 11) is 3.50. The third-order valence-electron chi connectivity index (χ3n) is 4.58. The first kappa shape index (κ1) is 21.8. The summed E-state index contributed by atoms with van der Waals surface area (Å²) in [6.45, 7) is 2.66. The summed E-state index contributed by atoms with van der Waals surface area (Å²) >= 11 is 3.65. The van der Waals surface area contributed by atoms with Crippen molar-refractivity contribution in [1.82, 2.24) is 10.6 Å². The lowest BCUT2D eigenvalue weighted by Gasteiger charge is -2.21. The molecular weight excluding hydrogens is 519 g/mol. The van der Waals surface area contributed by atoms with Gasteiger partial charge in [0, 0.05) is 42.8 Å². The highest BCUT2D eigenvalue weighted by molar-refractivity contribution is 14.0. The van der Waals surface area contributed by atoms with Gasteiger partial charge in [0.15, 0.2) is 5.96 Å². The van der Waals surface area contributed by atoms with Crippen LogP contribution in [0.2, 0.25) is 0 Å². The Labute approximate surface area is 186 Å². The smallest absolute Gasteiger partial charge is 0.191 e. The Kier molecular flexibility index (Phi) is 8.69. The van der Waals surface area contributed by atoms with Gasteiger partial charge in [-0.15, -0.1) is 24.0 Å². The van der Waals surface area contributed by atoms with Crippen LogP contribution < -0.4 is 20.3 Å². The molecule has 0 saturated carbocycles. The second-order valence-electron chi connectivity index (χ2n) is 6.26. The molecule has 0 aliphatic carbocycles. The fourth-order valence-corrected chi connectivity index (χ4v) is 3.76. The Morgan fingerprint density at radius 3 is 2.70 bits per heavy atom. The molecule has 0 spiro atoms. The van der Waals surface area contributed by atoms with E-state index in [4.69, 9.17) is 4.74 Å². The van der Waals surface area contributed by atoms with E-state index in [-0.39, 0.29) is 24.0 Å². The zero-order valence-corrected chi connectivity index (χ0v) is 19.5. The number of hydrogen-bond donors (Lipinski definition) is 2. The van der Waals surface area contributed by atoms with Crippen molar-refractivity contribution < 1.29 is 4.74 Å². The molecule has 1 aliphatic heterocycles. The summed E-state index contributed by atoms with van der Waals surface area (Å²) in [5.41, 5.74) is 2.35. The average Bonchev–Trinajstić information content (AvgIpc) is 3.14. The zero-order valence-electron chi connectivity index (χ0n) is 15.6. The number of anilines is 1. The van der Waals surface area contributed by atoms with Crippen molar-refractivity contribution in [3.8, 4) is 5.75 Å². The van der Waals surface area contributed by atoms with E-state index < -0.39 is 0 Å². The molecule has 27 heavy (non-hydrogen) atoms. The molecule has 1 unspecified atom stereocenters. The minimum absolute atomic E-state index is 0. The van der Waals surface area contributed by atoms with Gasteiger partial charge in [0.2, 0.25) is 0 Å². The SMILES string of the molecule is CN=C(NCc1ccccc1OC)NC1CCN(c2ccccc2Br)C1.I. The molecule has 1 atom stereocenters. The first-order valence-electron chi connectivity index (χ1n) is 8.80. The summed E-state index contributed by atoms with van der Waals surface area (Å²) < 4.78 is 6.55. The first-order valence-corrected chi connectivity index (χ1v) is 9.59. The third-order valence-corrected chi connectivity index (χ3v) is 5.26. The Bertz CT molecular complexity index is 771. The number of methoxy groups -OCH3 is 1. The van der Waals surface area contributed by atoms with Gasteiger partial charge in [-0.05, 0) is 40.5 Å². The third kappa shape index (κ3) is 5.75. The van der Waals surface area contributed by atoms with Crippen LogP contribution in [-0.2, 0) is 6.54 Å². The molecule has 0 bridgehead atoms. The summed E-state index contributed by atoms with van der Waals surface area (Å²) in [4.78, 5) is 6.76. The highest BCUT2D eigenvalue weighted by atomic mass is 127. The van der Waals surface area contributed by atoms with Crippen LogP contribution in [0.3, 0.4) is 0 Å². The van der Waals surface area contributed by atoms with E-state index in [9.17, 15) is 0 Å². The fourth-order valence-electron chi connectivity index (χ4n) is 3.22. The topological polar surface area (TPSA) is 48.9 Å². The molecule has 2 aromatic rings. The second kappa shape index (κ2) is 10.8. The van der Waals surface area contributed by atoms with Gasteiger partial charge in [-0.2, -0.15) is 0 Å². The molecular formula is C20H26BrIN4O. The molecule has 5 nitrogen and oxygen atoms in total. The summed E-state index contributed by atoms with van der Waals surface area (Å²) in [5, 5.41) is 6.92. The molecule has 0 radical (unpaired) electrons. The van der Waals surface area contributed by atoms with Crippen LogP contribution >= 0.6 is 39.9 Å². The first-order chi connectivity index (χ1) is 12.7. The maximum atomic E-state index is 5.41. The molecule has 1 fully saturated rings. The highest BCUT2D eigenvalue weighted by Crippen LogP contribution is 2.28. The van der Waals surface area contributed by atoms with Crippen molar-refractivity contribution in [1.29, 1.82) is 0 Å². The number of nitrogens with zero attached hydrogens (tertiary/aromatic N) is 2. The van der Waals surface area contributed by atoms with Crippen LogP contribution in [0.1, 0.15) is 12.0 Å². The molecule has 1 saturated heterocycles. The highest BCUT2D eigenvalue weighted by Gasteiger charge is 2.24. The monoisotopic (exact) mass is 544 g/mol. The van der Waals surface area contributed by atoms with Crippen molar-refractivity contribution in [2.24, 2.45) is 4.99 Å². The molecule has 1 heterocycles. The number of nitrogens with one attached hydrogen (secondary N) is 2. The predicted octanol–water partition coefficient (Wildman–Crippen LogP) is 4.02. The molecule has 7 heteroatoms. The summed E-state index contributed by atoms with van der Waals surface area (Å²) in [5.74, 6) is 1.70. The summed E-state index contributed by atoms with van der Waals surface area (Å²) in [6.07, 6.45) is 1.08. The van der Waals surface area contributed by atoms with Crippen LogP contribution in [0.4, 0.5) is 5.69 Å². The average molecular weight is 545 g/mol. The second-order valence-corrected chi connectivity index (χ2v) is 7.12. The van der Waals surface area contributed by atoms with Crippen molar-refractivity contribution in [3.63, 3.8) is 0 Å². The lowest BCUT2D eigenvalue weighted by atomic mass is 10.2. The van der Waals surface area contributed by atoms with Crippen molar-refractivity contribution in [2.75, 3.05) is 32.1 Å². The van der Waals surface area contributed by atoms with E-state index in [0.717, 1.165) is 41.3 Å². The standard InChI is InChI=1S/C20H25BrN4O.HI/c1-22-20(23-13-15-7-3-6-10-19(15)26-2)24-16-11-12-25(14-16)18-9-5-4-8-17(18)21;/h3-10,16H,11-14H2,1-2H3,(H2,22,23,24);1H. The van der Waals surface area contributed by atoms with E-state index in [1.165, 1.54) is 5.69 Å². The van der Waals surface area contributed by atoms with Crippen LogP contribution in [0.5, 0.6) is 5.75 Å². The molecule has 0 amide bonds. The Morgan fingerprint density at radius 1 is 1.22 bits per heavy atom. The Hall–Kier alpha value is -1.48. The number of benzene rings is 2. The van der Waals surface area contributed by atoms with Gasteiger partial charge in [-0.25, -0.2) is 0 Å². The van der Waals surface area contributed by atoms with E-state index in [0.29, 0.717) is 12.6 Å². The number of ether oxygens (including phenoxy) is 1. The van der Waals surface area contributed by atoms with Gasteiger partial charge in [0.05, 0.1) is 12.8 Å². The van der Waals surface area contributed by atoms with Gasteiger partial charge in [-0.3, -0.25) is 4.99 Å². The Morgan fingerprint density at radius 2 is 1.96 bits per heavy atom. The van der Waals surface area contributed by atoms with E-state index in [2.05, 4.69) is 60.7 Å². The van der Waals surface area contributed by atoms with Gasteiger partial charge in [0.1, 0.15) is 5.75 Å². The van der Waals surface area contributed by atoms with E-state index in [1.54, 1.807) is 14.2 Å². The van der Waals surface area contributed by atoms with Crippen molar-refractivity contribution >= 4 is 51.6 Å². The van der Waals surface area contributed by atoms with Gasteiger partial charge >= 0.3 is 0 Å². The lowest BCUT2D eigenvalue weighted by molar-refractivity contribution is 0.409. The number of halogens is 2. The maximum Gasteiger partial charge on any atom is 0.191 e. The number of hydrogen-bond acceptors (Lipinski definition) is 3.